The highest BCUT2D eigenvalue weighted by molar-refractivity contribution is 5.99. The lowest BCUT2D eigenvalue weighted by atomic mass is 9.98. The molecule has 3 aliphatic heterocycles. The molecule has 3 N–H and O–H groups in total. The highest BCUT2D eigenvalue weighted by Crippen LogP contribution is 2.32. The van der Waals surface area contributed by atoms with Gasteiger partial charge in [0.05, 0.1) is 12.0 Å². The van der Waals surface area contributed by atoms with Gasteiger partial charge >= 0.3 is 12.1 Å². The number of aliphatic hydroxyl groups excluding tert-OH is 1. The number of hydrogen-bond acceptors (Lipinski definition) is 6. The van der Waals surface area contributed by atoms with Gasteiger partial charge in [0.2, 0.25) is 18.1 Å². The third-order valence-electron chi connectivity index (χ3n) is 6.69. The zero-order chi connectivity index (χ0) is 26.2. The quantitative estimate of drug-likeness (QED) is 0.419. The number of nitrogens with one attached hydrogen (secondary N) is 2. The Morgan fingerprint density at radius 3 is 2.56 bits per heavy atom. The van der Waals surface area contributed by atoms with Gasteiger partial charge in [0.15, 0.2) is 0 Å². The minimum absolute atomic E-state index is 0.130. The number of carbonyl (C=O) groups is 4. The van der Waals surface area contributed by atoms with Crippen LogP contribution >= 0.6 is 0 Å². The Hall–Kier alpha value is -3.41. The van der Waals surface area contributed by atoms with Crippen LogP contribution in [0.25, 0.3) is 0 Å². The summed E-state index contributed by atoms with van der Waals surface area (Å²) in [6.07, 6.45) is -2.90. The number of benzene rings is 1. The summed E-state index contributed by atoms with van der Waals surface area (Å²) in [6, 6.07) is 0.665. The zero-order valence-corrected chi connectivity index (χ0v) is 19.4. The Kier molecular flexibility index (Phi) is 7.07. The van der Waals surface area contributed by atoms with Gasteiger partial charge in [-0.25, -0.2) is 0 Å². The molecule has 0 saturated carbocycles. The third-order valence-corrected chi connectivity index (χ3v) is 6.69. The van der Waals surface area contributed by atoms with E-state index in [2.05, 4.69) is 15.4 Å². The largest absolute Gasteiger partial charge is 0.434 e. The molecule has 36 heavy (non-hydrogen) atoms. The smallest absolute Gasteiger partial charge is 0.416 e. The molecule has 0 aromatic heterocycles. The van der Waals surface area contributed by atoms with Crippen LogP contribution in [0.5, 0.6) is 0 Å². The van der Waals surface area contributed by atoms with Crippen molar-refractivity contribution >= 4 is 23.7 Å². The Labute approximate surface area is 204 Å². The summed E-state index contributed by atoms with van der Waals surface area (Å²) >= 11 is 0. The summed E-state index contributed by atoms with van der Waals surface area (Å²) in [6.45, 7) is 1.80. The first-order chi connectivity index (χ1) is 16.9. The molecule has 3 aliphatic rings. The standard InChI is InChI=1S/C24H26F3N3O6/c1-12-5-6-15-7-8-18(21(33)29-17-11-19(31)36-23(17)35)30(15)22(34)16(9-12)28-20(32)13-3-2-4-14(10-13)24(25,26)27/h2-5,10,15-18,23,35H,6-9,11H2,1H3,(H,28,32)(H,29,33)/b12-5-/t15-,16-,17?,18-,23?/m0/s1. The maximum atomic E-state index is 13.6. The summed E-state index contributed by atoms with van der Waals surface area (Å²) in [5.74, 6) is -2.58. The number of alkyl halides is 3. The van der Waals surface area contributed by atoms with Gasteiger partial charge in [0.1, 0.15) is 18.1 Å². The third kappa shape index (κ3) is 5.38. The number of nitrogens with zero attached hydrogens (tertiary/aromatic N) is 1. The van der Waals surface area contributed by atoms with Gasteiger partial charge in [0, 0.05) is 11.6 Å². The second-order valence-electron chi connectivity index (χ2n) is 9.29. The number of amides is 3. The van der Waals surface area contributed by atoms with Crippen LogP contribution in [0.3, 0.4) is 0 Å². The van der Waals surface area contributed by atoms with Crippen LogP contribution < -0.4 is 10.6 Å². The van der Waals surface area contributed by atoms with Crippen molar-refractivity contribution in [2.24, 2.45) is 0 Å². The van der Waals surface area contributed by atoms with Crippen molar-refractivity contribution in [3.8, 4) is 0 Å². The van der Waals surface area contributed by atoms with E-state index in [1.165, 1.54) is 11.0 Å². The van der Waals surface area contributed by atoms with Gasteiger partial charge in [-0.3, -0.25) is 19.2 Å². The zero-order valence-electron chi connectivity index (χ0n) is 19.4. The number of halogens is 3. The minimum atomic E-state index is -4.63. The summed E-state index contributed by atoms with van der Waals surface area (Å²) in [7, 11) is 0. The molecular weight excluding hydrogens is 483 g/mol. The monoisotopic (exact) mass is 509 g/mol. The van der Waals surface area contributed by atoms with Gasteiger partial charge in [-0.15, -0.1) is 0 Å². The van der Waals surface area contributed by atoms with Gasteiger partial charge in [-0.2, -0.15) is 13.2 Å². The Morgan fingerprint density at radius 1 is 1.14 bits per heavy atom. The van der Waals surface area contributed by atoms with Gasteiger partial charge < -0.3 is 25.4 Å². The number of esters is 1. The van der Waals surface area contributed by atoms with Crippen LogP contribution in [0.4, 0.5) is 13.2 Å². The average Bonchev–Trinajstić information content (AvgIpc) is 3.37. The van der Waals surface area contributed by atoms with E-state index in [1.54, 1.807) is 6.92 Å². The van der Waals surface area contributed by atoms with E-state index in [1.807, 2.05) is 6.08 Å². The molecule has 3 heterocycles. The number of cyclic esters (lactones) is 1. The second kappa shape index (κ2) is 9.92. The molecule has 9 nitrogen and oxygen atoms in total. The molecular formula is C24H26F3N3O6. The summed E-state index contributed by atoms with van der Waals surface area (Å²) in [4.78, 5) is 52.2. The molecule has 12 heteroatoms. The first-order valence-electron chi connectivity index (χ1n) is 11.6. The molecule has 2 fully saturated rings. The molecule has 1 aromatic rings. The summed E-state index contributed by atoms with van der Waals surface area (Å²) < 4.78 is 43.9. The van der Waals surface area contributed by atoms with Crippen LogP contribution in [0.15, 0.2) is 35.9 Å². The SMILES string of the molecule is C/C1=C/C[C@H]2CC[C@@H](C(=O)NC3CC(=O)OC3O)N2C(=O)[C@@H](NC(=O)c2cccc(C(F)(F)F)c2)C1. The second-order valence-corrected chi connectivity index (χ2v) is 9.29. The van der Waals surface area contributed by atoms with Crippen molar-refractivity contribution in [3.63, 3.8) is 0 Å². The van der Waals surface area contributed by atoms with Crippen molar-refractivity contribution in [1.82, 2.24) is 15.5 Å². The minimum Gasteiger partial charge on any atom is -0.434 e. The van der Waals surface area contributed by atoms with Crippen LogP contribution in [-0.2, 0) is 25.3 Å². The van der Waals surface area contributed by atoms with Crippen molar-refractivity contribution in [3.05, 3.63) is 47.0 Å². The Balaban J connectivity index is 1.53. The summed E-state index contributed by atoms with van der Waals surface area (Å²) in [5, 5.41) is 14.9. The van der Waals surface area contributed by atoms with E-state index in [4.69, 9.17) is 0 Å². The van der Waals surface area contributed by atoms with Crippen molar-refractivity contribution in [1.29, 1.82) is 0 Å². The molecule has 3 amide bonds. The van der Waals surface area contributed by atoms with Gasteiger partial charge in [0.25, 0.3) is 5.91 Å². The number of fused-ring (bicyclic) bond motifs is 1. The van der Waals surface area contributed by atoms with E-state index in [9.17, 15) is 37.5 Å². The number of carbonyl (C=O) groups excluding carboxylic acids is 4. The topological polar surface area (TPSA) is 125 Å². The average molecular weight is 509 g/mol. The predicted molar refractivity (Wildman–Crippen MR) is 118 cm³/mol. The molecule has 194 valence electrons. The van der Waals surface area contributed by atoms with E-state index < -0.39 is 59.8 Å². The molecule has 0 spiro atoms. The van der Waals surface area contributed by atoms with Crippen LogP contribution in [0.2, 0.25) is 0 Å². The number of rotatable bonds is 4. The maximum absolute atomic E-state index is 13.6. The Bertz CT molecular complexity index is 1100. The fraction of sp³-hybridized carbons (Fsp3) is 0.500. The maximum Gasteiger partial charge on any atom is 0.416 e. The number of hydrogen-bond donors (Lipinski definition) is 3. The van der Waals surface area contributed by atoms with Crippen molar-refractivity contribution in [2.75, 3.05) is 0 Å². The normalized spacial score (nSPS) is 30.0. The fourth-order valence-electron chi connectivity index (χ4n) is 4.85. The molecule has 0 bridgehead atoms. The van der Waals surface area contributed by atoms with Gasteiger partial charge in [-0.1, -0.05) is 17.7 Å². The number of ether oxygens (including phenoxy) is 1. The highest BCUT2D eigenvalue weighted by Gasteiger charge is 2.45. The Morgan fingerprint density at radius 2 is 1.89 bits per heavy atom. The molecule has 1 aromatic carbocycles. The molecule has 4 rings (SSSR count). The van der Waals surface area contributed by atoms with E-state index >= 15 is 0 Å². The van der Waals surface area contributed by atoms with E-state index in [-0.39, 0.29) is 24.4 Å². The number of aliphatic hydroxyl groups is 1. The molecule has 0 aliphatic carbocycles. The fourth-order valence-corrected chi connectivity index (χ4v) is 4.85. The molecule has 5 atom stereocenters. The van der Waals surface area contributed by atoms with Crippen LogP contribution in [0, 0.1) is 0 Å². The predicted octanol–water partition coefficient (Wildman–Crippen LogP) is 1.65. The lowest BCUT2D eigenvalue weighted by Crippen LogP contribution is -2.57. The molecule has 2 saturated heterocycles. The van der Waals surface area contributed by atoms with Crippen LogP contribution in [-0.4, -0.2) is 64.2 Å². The molecule has 0 radical (unpaired) electrons. The highest BCUT2D eigenvalue weighted by atomic mass is 19.4. The first kappa shape index (κ1) is 25.7. The molecule has 2 unspecified atom stereocenters. The van der Waals surface area contributed by atoms with Crippen LogP contribution in [0.1, 0.15) is 54.9 Å². The van der Waals surface area contributed by atoms with Crippen molar-refractivity contribution in [2.45, 2.75) is 75.7 Å². The van der Waals surface area contributed by atoms with Crippen molar-refractivity contribution < 1.29 is 42.2 Å². The lowest BCUT2D eigenvalue weighted by molar-refractivity contribution is -0.155. The van der Waals surface area contributed by atoms with E-state index in [0.717, 1.165) is 23.8 Å². The summed E-state index contributed by atoms with van der Waals surface area (Å²) in [5.41, 5.74) is -0.397. The van der Waals surface area contributed by atoms with E-state index in [0.29, 0.717) is 19.3 Å². The first-order valence-corrected chi connectivity index (χ1v) is 11.6. The lowest BCUT2D eigenvalue weighted by Gasteiger charge is -2.35. The van der Waals surface area contributed by atoms with Gasteiger partial charge in [-0.05, 0) is 50.8 Å².